The zero-order valence-electron chi connectivity index (χ0n) is 20.6. The molecule has 2 aromatic carbocycles. The third kappa shape index (κ3) is 1.88. The number of hydrogen-bond acceptors (Lipinski definition) is 6. The first-order valence-corrected chi connectivity index (χ1v) is 12.7. The normalized spacial score (nSPS) is 40.8. The summed E-state index contributed by atoms with van der Waals surface area (Å²) in [7, 11) is 5.47. The molecule has 3 heterocycles. The van der Waals surface area contributed by atoms with Crippen molar-refractivity contribution in [3.8, 4) is 11.5 Å². The first-order valence-electron chi connectivity index (χ1n) is 12.7. The van der Waals surface area contributed by atoms with Crippen molar-refractivity contribution in [3.63, 3.8) is 0 Å². The summed E-state index contributed by atoms with van der Waals surface area (Å²) in [5.41, 5.74) is 0.911. The number of likely N-dealkylation sites (tertiary alicyclic amines) is 1. The van der Waals surface area contributed by atoms with Crippen LogP contribution in [0.4, 0.5) is 5.69 Å². The van der Waals surface area contributed by atoms with Crippen molar-refractivity contribution in [2.45, 2.75) is 36.0 Å². The maximum absolute atomic E-state index is 14.5. The highest BCUT2D eigenvalue weighted by atomic mass is 16.6. The summed E-state index contributed by atoms with van der Waals surface area (Å²) in [6.45, 7) is 0.887. The maximum Gasteiger partial charge on any atom is 0.241 e. The van der Waals surface area contributed by atoms with Crippen LogP contribution in [0.1, 0.15) is 17.5 Å². The lowest BCUT2D eigenvalue weighted by Gasteiger charge is -2.71. The van der Waals surface area contributed by atoms with E-state index in [9.17, 15) is 9.59 Å². The number of ether oxygens (including phenoxy) is 3. The highest BCUT2D eigenvalue weighted by Crippen LogP contribution is 2.77. The number of para-hydroxylation sites is 1. The largest absolute Gasteiger partial charge is 0.493 e. The van der Waals surface area contributed by atoms with E-state index in [1.54, 1.807) is 14.2 Å². The van der Waals surface area contributed by atoms with Crippen LogP contribution in [-0.2, 0) is 26.2 Å². The standard InChI is InChI=1S/C29H28N2O5/c1-30-14-13-28-20-16-9-10-18(34-2)23(20)36-26(28)29(35-3)12-11-27(28,19(30)15-16)21-22(29)25(33)31(24(21)32)17-7-5-4-6-8-17/h4-12,19,21-22,26H,13-15H2,1-3H3/t19-,21?,22?,26-,27+,28+,29-/m1/s1. The molecule has 2 spiro atoms. The Morgan fingerprint density at radius 2 is 1.78 bits per heavy atom. The van der Waals surface area contributed by atoms with Crippen LogP contribution in [0.3, 0.4) is 0 Å². The summed E-state index contributed by atoms with van der Waals surface area (Å²) >= 11 is 0. The van der Waals surface area contributed by atoms with Crippen LogP contribution >= 0.6 is 0 Å². The van der Waals surface area contributed by atoms with E-state index in [2.05, 4.69) is 30.2 Å². The van der Waals surface area contributed by atoms with E-state index in [0.717, 1.165) is 25.1 Å². The van der Waals surface area contributed by atoms with Crippen molar-refractivity contribution in [3.05, 3.63) is 65.7 Å². The van der Waals surface area contributed by atoms with E-state index < -0.39 is 34.4 Å². The predicted octanol–water partition coefficient (Wildman–Crippen LogP) is 2.72. The SMILES string of the molecule is COc1ccc2c3c1O[C@@H]1[C@]34CCN(C)[C@H](C2)[C@]42C=C[C@@]1(OC)C1C(=O)N(c3ccccc3)C(=O)C12. The molecule has 184 valence electrons. The fourth-order valence-corrected chi connectivity index (χ4v) is 9.20. The minimum atomic E-state index is -1.05. The molecule has 7 heteroatoms. The Bertz CT molecular complexity index is 1390. The molecule has 7 atom stereocenters. The lowest BCUT2D eigenvalue weighted by atomic mass is 9.34. The van der Waals surface area contributed by atoms with E-state index >= 15 is 0 Å². The fourth-order valence-electron chi connectivity index (χ4n) is 9.20. The number of imide groups is 1. The average molecular weight is 485 g/mol. The van der Waals surface area contributed by atoms with Gasteiger partial charge in [-0.15, -0.1) is 0 Å². The molecule has 7 nitrogen and oxygen atoms in total. The molecule has 2 amide bonds. The topological polar surface area (TPSA) is 68.3 Å². The van der Waals surface area contributed by atoms with E-state index in [1.807, 2.05) is 36.4 Å². The van der Waals surface area contributed by atoms with Crippen LogP contribution in [-0.4, -0.2) is 62.3 Å². The van der Waals surface area contributed by atoms with Crippen molar-refractivity contribution in [1.29, 1.82) is 0 Å². The number of piperidine rings is 1. The van der Waals surface area contributed by atoms with Gasteiger partial charge in [-0.25, -0.2) is 4.90 Å². The van der Waals surface area contributed by atoms with Crippen LogP contribution in [0.15, 0.2) is 54.6 Å². The molecule has 0 radical (unpaired) electrons. The molecule has 0 N–H and O–H groups in total. The van der Waals surface area contributed by atoms with E-state index in [4.69, 9.17) is 14.2 Å². The summed E-state index contributed by atoms with van der Waals surface area (Å²) in [6.07, 6.45) is 5.50. The number of benzene rings is 2. The quantitative estimate of drug-likeness (QED) is 0.493. The number of anilines is 1. The second kappa shape index (κ2) is 6.39. The number of methoxy groups -OCH3 is 2. The molecular weight excluding hydrogens is 456 g/mol. The lowest BCUT2D eigenvalue weighted by molar-refractivity contribution is -0.229. The van der Waals surface area contributed by atoms with Crippen molar-refractivity contribution in [2.24, 2.45) is 17.3 Å². The Kier molecular flexibility index (Phi) is 3.72. The van der Waals surface area contributed by atoms with Crippen molar-refractivity contribution < 1.29 is 23.8 Å². The summed E-state index contributed by atoms with van der Waals surface area (Å²) in [6, 6.07) is 13.5. The smallest absolute Gasteiger partial charge is 0.241 e. The number of likely N-dealkylation sites (N-methyl/N-ethyl adjacent to an activating group) is 1. The van der Waals surface area contributed by atoms with Crippen LogP contribution < -0.4 is 14.4 Å². The van der Waals surface area contributed by atoms with Gasteiger partial charge in [-0.1, -0.05) is 36.4 Å². The molecule has 2 unspecified atom stereocenters. The van der Waals surface area contributed by atoms with E-state index in [-0.39, 0.29) is 17.9 Å². The summed E-state index contributed by atoms with van der Waals surface area (Å²) in [5.74, 6) is -0.0569. The van der Waals surface area contributed by atoms with Gasteiger partial charge in [0.2, 0.25) is 11.8 Å². The Balaban J connectivity index is 1.46. The molecule has 36 heavy (non-hydrogen) atoms. The van der Waals surface area contributed by atoms with Crippen LogP contribution in [0.5, 0.6) is 11.5 Å². The van der Waals surface area contributed by atoms with E-state index in [1.165, 1.54) is 16.0 Å². The second-order valence-corrected chi connectivity index (χ2v) is 11.2. The average Bonchev–Trinajstić information content (AvgIpc) is 3.41. The monoisotopic (exact) mass is 484 g/mol. The summed E-state index contributed by atoms with van der Waals surface area (Å²) in [4.78, 5) is 32.5. The lowest BCUT2D eigenvalue weighted by Crippen LogP contribution is -2.82. The number of carbonyl (C=O) groups is 2. The molecule has 3 fully saturated rings. The first kappa shape index (κ1) is 21.0. The number of nitrogens with zero attached hydrogens (tertiary/aromatic N) is 2. The van der Waals surface area contributed by atoms with Gasteiger partial charge in [0.25, 0.3) is 0 Å². The molecule has 7 aliphatic rings. The Morgan fingerprint density at radius 1 is 1.00 bits per heavy atom. The third-order valence-corrected chi connectivity index (χ3v) is 10.4. The highest BCUT2D eigenvalue weighted by Gasteiger charge is 2.86. The highest BCUT2D eigenvalue weighted by molar-refractivity contribution is 6.23. The van der Waals surface area contributed by atoms with Gasteiger partial charge in [-0.2, -0.15) is 0 Å². The molecule has 2 aromatic rings. The molecule has 2 saturated heterocycles. The Morgan fingerprint density at radius 3 is 2.53 bits per heavy atom. The van der Waals surface area contributed by atoms with Crippen molar-refractivity contribution in [1.82, 2.24) is 4.90 Å². The third-order valence-electron chi connectivity index (χ3n) is 10.4. The first-order chi connectivity index (χ1) is 17.5. The molecule has 0 aromatic heterocycles. The zero-order chi connectivity index (χ0) is 24.6. The van der Waals surface area contributed by atoms with Gasteiger partial charge in [0, 0.05) is 24.1 Å². The molecule has 4 bridgehead atoms. The zero-order valence-corrected chi connectivity index (χ0v) is 20.6. The van der Waals surface area contributed by atoms with Gasteiger partial charge in [0.1, 0.15) is 11.7 Å². The Labute approximate surface area is 209 Å². The van der Waals surface area contributed by atoms with Gasteiger partial charge in [-0.05, 0) is 50.2 Å². The minimum absolute atomic E-state index is 0.0653. The molecule has 1 saturated carbocycles. The number of rotatable bonds is 3. The van der Waals surface area contributed by atoms with Gasteiger partial charge in [-0.3, -0.25) is 9.59 Å². The number of carbonyl (C=O) groups excluding carboxylic acids is 2. The molecule has 4 aliphatic carbocycles. The fraction of sp³-hybridized carbons (Fsp3) is 0.448. The van der Waals surface area contributed by atoms with Gasteiger partial charge in [0.15, 0.2) is 11.5 Å². The number of hydrogen-bond donors (Lipinski definition) is 0. The molecule has 3 aliphatic heterocycles. The summed E-state index contributed by atoms with van der Waals surface area (Å²) < 4.78 is 19.0. The van der Waals surface area contributed by atoms with Gasteiger partial charge in [0.05, 0.1) is 30.0 Å². The second-order valence-electron chi connectivity index (χ2n) is 11.2. The minimum Gasteiger partial charge on any atom is -0.493 e. The van der Waals surface area contributed by atoms with Crippen LogP contribution in [0.2, 0.25) is 0 Å². The van der Waals surface area contributed by atoms with Gasteiger partial charge >= 0.3 is 0 Å². The Hall–Kier alpha value is -3.16. The number of amides is 2. The predicted molar refractivity (Wildman–Crippen MR) is 131 cm³/mol. The van der Waals surface area contributed by atoms with E-state index in [0.29, 0.717) is 11.4 Å². The van der Waals surface area contributed by atoms with Gasteiger partial charge < -0.3 is 19.1 Å². The van der Waals surface area contributed by atoms with Crippen LogP contribution in [0, 0.1) is 17.3 Å². The maximum atomic E-state index is 14.5. The summed E-state index contributed by atoms with van der Waals surface area (Å²) in [5, 5.41) is 0. The van der Waals surface area contributed by atoms with Crippen LogP contribution in [0.25, 0.3) is 0 Å². The molecule has 9 rings (SSSR count). The van der Waals surface area contributed by atoms with Crippen molar-refractivity contribution in [2.75, 3.05) is 32.7 Å². The van der Waals surface area contributed by atoms with Crippen molar-refractivity contribution >= 4 is 17.5 Å². The molecular formula is C29H28N2O5.